The van der Waals surface area contributed by atoms with Crippen molar-refractivity contribution in [1.29, 1.82) is 0 Å². The Morgan fingerprint density at radius 3 is 2.57 bits per heavy atom. The number of halogens is 1. The number of nitrogens with zero attached hydrogens (tertiary/aromatic N) is 2. The molecule has 7 heteroatoms. The van der Waals surface area contributed by atoms with E-state index in [9.17, 15) is 8.42 Å². The van der Waals surface area contributed by atoms with Crippen molar-refractivity contribution in [1.82, 2.24) is 14.3 Å². The molecule has 1 N–H and O–H groups in total. The maximum absolute atomic E-state index is 12.7. The van der Waals surface area contributed by atoms with Crippen LogP contribution in [0, 0.1) is 16.7 Å². The predicted octanol–water partition coefficient (Wildman–Crippen LogP) is 2.57. The summed E-state index contributed by atoms with van der Waals surface area (Å²) in [5.41, 5.74) is -0.0101. The van der Waals surface area contributed by atoms with Gasteiger partial charge in [-0.3, -0.25) is 0 Å². The van der Waals surface area contributed by atoms with Crippen molar-refractivity contribution in [2.24, 2.45) is 23.8 Å². The van der Waals surface area contributed by atoms with E-state index in [1.165, 1.54) is 17.3 Å². The highest BCUT2D eigenvalue weighted by Gasteiger charge is 2.60. The van der Waals surface area contributed by atoms with Crippen LogP contribution >= 0.6 is 11.6 Å². The number of hydrogen-bond donors (Lipinski definition) is 1. The van der Waals surface area contributed by atoms with Crippen LogP contribution in [0.1, 0.15) is 40.0 Å². The summed E-state index contributed by atoms with van der Waals surface area (Å²) < 4.78 is 29.7. The van der Waals surface area contributed by atoms with Crippen LogP contribution in [0.15, 0.2) is 11.4 Å². The highest BCUT2D eigenvalue weighted by Crippen LogP contribution is 2.62. The molecule has 3 atom stereocenters. The molecule has 2 aliphatic carbocycles. The fourth-order valence-corrected chi connectivity index (χ4v) is 6.34. The number of nitrogens with one attached hydrogen (secondary N) is 1. The SMILES string of the molecule is Cn1cnc(S(=O)(=O)NC2C3(C)CCC(C3)C2(C)C)c1Cl. The van der Waals surface area contributed by atoms with Gasteiger partial charge < -0.3 is 4.57 Å². The van der Waals surface area contributed by atoms with E-state index < -0.39 is 10.0 Å². The zero-order valence-electron chi connectivity index (χ0n) is 12.9. The van der Waals surface area contributed by atoms with Crippen molar-refractivity contribution in [2.45, 2.75) is 51.1 Å². The van der Waals surface area contributed by atoms with Crippen LogP contribution in [-0.2, 0) is 17.1 Å². The lowest BCUT2D eigenvalue weighted by atomic mass is 9.69. The van der Waals surface area contributed by atoms with E-state index in [4.69, 9.17) is 11.6 Å². The van der Waals surface area contributed by atoms with Gasteiger partial charge in [-0.25, -0.2) is 18.1 Å². The Hall–Kier alpha value is -0.590. The first kappa shape index (κ1) is 15.3. The first-order valence-electron chi connectivity index (χ1n) is 7.27. The summed E-state index contributed by atoms with van der Waals surface area (Å²) in [5, 5.41) is 0.0717. The highest BCUT2D eigenvalue weighted by atomic mass is 35.5. The summed E-state index contributed by atoms with van der Waals surface area (Å²) in [6.45, 7) is 6.51. The minimum atomic E-state index is -3.70. The second kappa shape index (κ2) is 4.46. The summed E-state index contributed by atoms with van der Waals surface area (Å²) in [6, 6.07) is -0.0770. The lowest BCUT2D eigenvalue weighted by molar-refractivity contribution is 0.127. The molecule has 1 aromatic rings. The lowest BCUT2D eigenvalue weighted by Crippen LogP contribution is -2.52. The molecule has 5 nitrogen and oxygen atoms in total. The summed E-state index contributed by atoms with van der Waals surface area (Å²) >= 11 is 6.04. The number of fused-ring (bicyclic) bond motifs is 2. The van der Waals surface area contributed by atoms with Gasteiger partial charge in [0.1, 0.15) is 5.15 Å². The van der Waals surface area contributed by atoms with Crippen LogP contribution in [0.25, 0.3) is 0 Å². The Morgan fingerprint density at radius 2 is 2.10 bits per heavy atom. The van der Waals surface area contributed by atoms with Crippen molar-refractivity contribution in [3.05, 3.63) is 11.5 Å². The first-order valence-corrected chi connectivity index (χ1v) is 9.13. The molecule has 1 aromatic heterocycles. The smallest absolute Gasteiger partial charge is 0.261 e. The molecule has 2 aliphatic rings. The van der Waals surface area contributed by atoms with Gasteiger partial charge in [-0.2, -0.15) is 0 Å². The number of hydrogen-bond acceptors (Lipinski definition) is 3. The molecule has 21 heavy (non-hydrogen) atoms. The Balaban J connectivity index is 1.95. The van der Waals surface area contributed by atoms with Crippen molar-refractivity contribution >= 4 is 21.6 Å². The van der Waals surface area contributed by atoms with Crippen LogP contribution < -0.4 is 4.72 Å². The maximum Gasteiger partial charge on any atom is 0.261 e. The quantitative estimate of drug-likeness (QED) is 0.925. The summed E-state index contributed by atoms with van der Waals surface area (Å²) in [6.07, 6.45) is 4.77. The number of rotatable bonds is 3. The molecule has 0 spiro atoms. The highest BCUT2D eigenvalue weighted by molar-refractivity contribution is 7.89. The van der Waals surface area contributed by atoms with Gasteiger partial charge in [0, 0.05) is 13.1 Å². The Bertz CT molecular complexity index is 678. The van der Waals surface area contributed by atoms with Gasteiger partial charge >= 0.3 is 0 Å². The second-order valence-corrected chi connectivity index (χ2v) is 9.41. The van der Waals surface area contributed by atoms with Crippen LogP contribution in [0.4, 0.5) is 0 Å². The summed E-state index contributed by atoms with van der Waals surface area (Å²) in [5.74, 6) is 0.578. The standard InChI is InChI=1S/C14H22ClN3O2S/c1-13(2)9-5-6-14(3,7-9)12(13)17-21(19,20)11-10(15)18(4)8-16-11/h8-9,12,17H,5-7H2,1-4H3. The molecule has 118 valence electrons. The van der Waals surface area contributed by atoms with Gasteiger partial charge in [0.25, 0.3) is 10.0 Å². The Morgan fingerprint density at radius 1 is 1.43 bits per heavy atom. The molecule has 0 aromatic carbocycles. The van der Waals surface area contributed by atoms with Crippen LogP contribution in [-0.4, -0.2) is 24.0 Å². The number of sulfonamides is 1. The molecule has 1 heterocycles. The van der Waals surface area contributed by atoms with Crippen LogP contribution in [0.5, 0.6) is 0 Å². The van der Waals surface area contributed by atoms with Crippen molar-refractivity contribution in [3.8, 4) is 0 Å². The first-order chi connectivity index (χ1) is 9.58. The molecule has 0 aliphatic heterocycles. The van der Waals surface area contributed by atoms with Crippen molar-refractivity contribution in [3.63, 3.8) is 0 Å². The molecule has 2 fully saturated rings. The van der Waals surface area contributed by atoms with Gasteiger partial charge in [0.2, 0.25) is 5.03 Å². The van der Waals surface area contributed by atoms with E-state index in [0.29, 0.717) is 5.92 Å². The fourth-order valence-electron chi connectivity index (χ4n) is 4.38. The zero-order chi connectivity index (χ0) is 15.6. The number of aryl methyl sites for hydroxylation is 1. The lowest BCUT2D eigenvalue weighted by Gasteiger charge is -2.42. The fraction of sp³-hybridized carbons (Fsp3) is 0.786. The molecule has 3 unspecified atom stereocenters. The third-order valence-electron chi connectivity index (χ3n) is 5.63. The molecule has 0 saturated heterocycles. The normalized spacial score (nSPS) is 34.5. The van der Waals surface area contributed by atoms with E-state index in [1.807, 2.05) is 0 Å². The number of imidazole rings is 1. The minimum absolute atomic E-state index is 0.0303. The van der Waals surface area contributed by atoms with E-state index in [-0.39, 0.29) is 27.1 Å². The van der Waals surface area contributed by atoms with Crippen LogP contribution in [0.2, 0.25) is 5.15 Å². The average molecular weight is 332 g/mol. The van der Waals surface area contributed by atoms with Gasteiger partial charge in [0.05, 0.1) is 6.33 Å². The Kier molecular flexibility index (Phi) is 3.25. The minimum Gasteiger partial charge on any atom is -0.324 e. The molecular formula is C14H22ClN3O2S. The van der Waals surface area contributed by atoms with Gasteiger partial charge in [-0.05, 0) is 36.0 Å². The van der Waals surface area contributed by atoms with E-state index in [1.54, 1.807) is 7.05 Å². The topological polar surface area (TPSA) is 64.0 Å². The monoisotopic (exact) mass is 331 g/mol. The summed E-state index contributed by atoms with van der Waals surface area (Å²) in [7, 11) is -2.02. The third-order valence-corrected chi connectivity index (χ3v) is 7.54. The van der Waals surface area contributed by atoms with E-state index >= 15 is 0 Å². The van der Waals surface area contributed by atoms with E-state index in [0.717, 1.165) is 12.8 Å². The molecule has 3 rings (SSSR count). The molecule has 0 amide bonds. The Labute approximate surface area is 131 Å². The average Bonchev–Trinajstić information content (AvgIpc) is 2.96. The third kappa shape index (κ3) is 2.14. The van der Waals surface area contributed by atoms with Crippen molar-refractivity contribution < 1.29 is 8.42 Å². The molecule has 2 saturated carbocycles. The second-order valence-electron chi connectivity index (χ2n) is 7.42. The van der Waals surface area contributed by atoms with E-state index in [2.05, 4.69) is 30.5 Å². The zero-order valence-corrected chi connectivity index (χ0v) is 14.4. The van der Waals surface area contributed by atoms with Crippen LogP contribution in [0.3, 0.4) is 0 Å². The largest absolute Gasteiger partial charge is 0.324 e. The molecule has 2 bridgehead atoms. The van der Waals surface area contributed by atoms with Gasteiger partial charge in [-0.1, -0.05) is 32.4 Å². The molecule has 0 radical (unpaired) electrons. The predicted molar refractivity (Wildman–Crippen MR) is 81.6 cm³/mol. The van der Waals surface area contributed by atoms with Gasteiger partial charge in [-0.15, -0.1) is 0 Å². The van der Waals surface area contributed by atoms with Crippen molar-refractivity contribution in [2.75, 3.05) is 0 Å². The summed E-state index contributed by atoms with van der Waals surface area (Å²) in [4.78, 5) is 3.94. The maximum atomic E-state index is 12.7. The van der Waals surface area contributed by atoms with Gasteiger partial charge in [0.15, 0.2) is 0 Å². The molecular weight excluding hydrogens is 310 g/mol. The number of aromatic nitrogens is 2.